The monoisotopic (exact) mass is 383 g/mol. The zero-order chi connectivity index (χ0) is 20.1. The van der Waals surface area contributed by atoms with Gasteiger partial charge in [0.25, 0.3) is 5.91 Å². The molecule has 0 aliphatic heterocycles. The van der Waals surface area contributed by atoms with E-state index in [2.05, 4.69) is 5.32 Å². The first-order valence-electron chi connectivity index (χ1n) is 8.68. The van der Waals surface area contributed by atoms with Gasteiger partial charge in [-0.05, 0) is 37.3 Å². The fourth-order valence-corrected chi connectivity index (χ4v) is 2.74. The van der Waals surface area contributed by atoms with Crippen LogP contribution in [0.25, 0.3) is 11.0 Å². The molecule has 0 aliphatic rings. The molecule has 0 unspecified atom stereocenters. The van der Waals surface area contributed by atoms with Crippen LogP contribution in [0.1, 0.15) is 23.0 Å². The molecule has 2 aromatic carbocycles. The Labute approximate surface area is 162 Å². The molecular formula is C21H21NO6. The van der Waals surface area contributed by atoms with Gasteiger partial charge in [0.15, 0.2) is 6.10 Å². The van der Waals surface area contributed by atoms with E-state index in [4.69, 9.17) is 18.6 Å². The van der Waals surface area contributed by atoms with Crippen molar-refractivity contribution in [2.75, 3.05) is 19.5 Å². The van der Waals surface area contributed by atoms with Crippen LogP contribution in [0.15, 0.2) is 52.9 Å². The van der Waals surface area contributed by atoms with Crippen molar-refractivity contribution in [1.29, 1.82) is 0 Å². The molecule has 0 radical (unpaired) electrons. The normalized spacial score (nSPS) is 11.8. The summed E-state index contributed by atoms with van der Waals surface area (Å²) in [6.07, 6.45) is -1.02. The number of furan rings is 1. The summed E-state index contributed by atoms with van der Waals surface area (Å²) in [5.74, 6) is -0.469. The maximum Gasteiger partial charge on any atom is 0.375 e. The molecule has 0 fully saturated rings. The van der Waals surface area contributed by atoms with Crippen LogP contribution in [0.2, 0.25) is 0 Å². The maximum absolute atomic E-state index is 12.6. The van der Waals surface area contributed by atoms with Gasteiger partial charge in [-0.25, -0.2) is 4.79 Å². The Kier molecular flexibility index (Phi) is 5.96. The van der Waals surface area contributed by atoms with E-state index < -0.39 is 18.0 Å². The Bertz CT molecular complexity index is 976. The lowest BCUT2D eigenvalue weighted by atomic mass is 10.1. The van der Waals surface area contributed by atoms with E-state index >= 15 is 0 Å². The molecule has 0 saturated carbocycles. The molecule has 1 heterocycles. The summed E-state index contributed by atoms with van der Waals surface area (Å²) in [5.41, 5.74) is 1.71. The first kappa shape index (κ1) is 19.4. The lowest BCUT2D eigenvalue weighted by molar-refractivity contribution is -0.123. The minimum absolute atomic E-state index is 0.0344. The van der Waals surface area contributed by atoms with Crippen LogP contribution in [0.3, 0.4) is 0 Å². The second-order valence-electron chi connectivity index (χ2n) is 6.10. The number of hydrogen-bond donors (Lipinski definition) is 1. The molecule has 0 aliphatic carbocycles. The lowest BCUT2D eigenvalue weighted by Crippen LogP contribution is -2.30. The number of carbonyl (C=O) groups excluding carboxylic acids is 2. The summed E-state index contributed by atoms with van der Waals surface area (Å²) in [5, 5.41) is 3.46. The average molecular weight is 383 g/mol. The standard InChI is InChI=1S/C21H21NO6/c1-13(20(23)22-14-8-10-15(26-3)11-9-14)27-21(24)19-17(12-25-2)16-6-4-5-7-18(16)28-19/h4-11,13H,12H2,1-3H3,(H,22,23)/t13-/m1/s1. The van der Waals surface area contributed by atoms with Gasteiger partial charge in [-0.1, -0.05) is 18.2 Å². The van der Waals surface area contributed by atoms with Gasteiger partial charge in [-0.2, -0.15) is 0 Å². The number of para-hydroxylation sites is 1. The van der Waals surface area contributed by atoms with E-state index in [1.807, 2.05) is 18.2 Å². The number of fused-ring (bicyclic) bond motifs is 1. The zero-order valence-corrected chi connectivity index (χ0v) is 15.9. The first-order chi connectivity index (χ1) is 13.5. The van der Waals surface area contributed by atoms with Gasteiger partial charge in [-0.15, -0.1) is 0 Å². The number of benzene rings is 2. The van der Waals surface area contributed by atoms with Gasteiger partial charge in [0.05, 0.1) is 13.7 Å². The molecule has 7 heteroatoms. The number of hydrogen-bond acceptors (Lipinski definition) is 6. The summed E-state index contributed by atoms with van der Waals surface area (Å²) >= 11 is 0. The molecule has 1 N–H and O–H groups in total. The second kappa shape index (κ2) is 8.58. The highest BCUT2D eigenvalue weighted by Crippen LogP contribution is 2.27. The Morgan fingerprint density at radius 2 is 1.79 bits per heavy atom. The Balaban J connectivity index is 1.72. The van der Waals surface area contributed by atoms with Crippen molar-refractivity contribution in [2.45, 2.75) is 19.6 Å². The number of rotatable bonds is 7. The molecule has 7 nitrogen and oxygen atoms in total. The molecule has 0 bridgehead atoms. The smallest absolute Gasteiger partial charge is 0.375 e. The first-order valence-corrected chi connectivity index (χ1v) is 8.68. The van der Waals surface area contributed by atoms with E-state index in [-0.39, 0.29) is 12.4 Å². The van der Waals surface area contributed by atoms with Gasteiger partial charge in [0.2, 0.25) is 5.76 Å². The fraction of sp³-hybridized carbons (Fsp3) is 0.238. The molecule has 1 amide bonds. The molecule has 1 atom stereocenters. The molecular weight excluding hydrogens is 362 g/mol. The van der Waals surface area contributed by atoms with Gasteiger partial charge in [0, 0.05) is 23.7 Å². The Hall–Kier alpha value is -3.32. The zero-order valence-electron chi connectivity index (χ0n) is 15.9. The maximum atomic E-state index is 12.6. The van der Waals surface area contributed by atoms with Crippen LogP contribution in [-0.2, 0) is 20.9 Å². The number of nitrogens with one attached hydrogen (secondary N) is 1. The molecule has 3 rings (SSSR count). The quantitative estimate of drug-likeness (QED) is 0.625. The third kappa shape index (κ3) is 4.15. The highest BCUT2D eigenvalue weighted by atomic mass is 16.6. The van der Waals surface area contributed by atoms with Crippen molar-refractivity contribution in [1.82, 2.24) is 0 Å². The van der Waals surface area contributed by atoms with E-state index in [1.165, 1.54) is 14.0 Å². The molecule has 3 aromatic rings. The lowest BCUT2D eigenvalue weighted by Gasteiger charge is -2.13. The minimum atomic E-state index is -1.02. The van der Waals surface area contributed by atoms with E-state index in [9.17, 15) is 9.59 Å². The number of amides is 1. The van der Waals surface area contributed by atoms with Crippen LogP contribution < -0.4 is 10.1 Å². The summed E-state index contributed by atoms with van der Waals surface area (Å²) in [4.78, 5) is 24.9. The highest BCUT2D eigenvalue weighted by Gasteiger charge is 2.25. The Morgan fingerprint density at radius 3 is 2.46 bits per heavy atom. The van der Waals surface area contributed by atoms with Gasteiger partial charge < -0.3 is 23.9 Å². The summed E-state index contributed by atoms with van der Waals surface area (Å²) < 4.78 is 21.2. The fourth-order valence-electron chi connectivity index (χ4n) is 2.74. The topological polar surface area (TPSA) is 87.0 Å². The van der Waals surface area contributed by atoms with Crippen molar-refractivity contribution in [3.63, 3.8) is 0 Å². The molecule has 1 aromatic heterocycles. The van der Waals surface area contributed by atoms with Gasteiger partial charge in [-0.3, -0.25) is 4.79 Å². The summed E-state index contributed by atoms with van der Waals surface area (Å²) in [6.45, 7) is 1.68. The van der Waals surface area contributed by atoms with Crippen molar-refractivity contribution < 1.29 is 28.2 Å². The highest BCUT2D eigenvalue weighted by molar-refractivity contribution is 5.99. The minimum Gasteiger partial charge on any atom is -0.497 e. The van der Waals surface area contributed by atoms with E-state index in [1.54, 1.807) is 37.4 Å². The van der Waals surface area contributed by atoms with Gasteiger partial charge >= 0.3 is 5.97 Å². The Morgan fingerprint density at radius 1 is 1.07 bits per heavy atom. The SMILES string of the molecule is COCc1c(C(=O)O[C@H](C)C(=O)Nc2ccc(OC)cc2)oc2ccccc12. The third-order valence-corrected chi connectivity index (χ3v) is 4.18. The molecule has 146 valence electrons. The van der Waals surface area contributed by atoms with Crippen molar-refractivity contribution >= 4 is 28.5 Å². The number of ether oxygens (including phenoxy) is 3. The summed E-state index contributed by atoms with van der Waals surface area (Å²) in [7, 11) is 3.09. The number of esters is 1. The third-order valence-electron chi connectivity index (χ3n) is 4.18. The van der Waals surface area contributed by atoms with Gasteiger partial charge in [0.1, 0.15) is 11.3 Å². The van der Waals surface area contributed by atoms with E-state index in [0.717, 1.165) is 5.39 Å². The number of methoxy groups -OCH3 is 2. The van der Waals surface area contributed by atoms with Crippen molar-refractivity contribution in [3.05, 3.63) is 59.9 Å². The molecule has 28 heavy (non-hydrogen) atoms. The van der Waals surface area contributed by atoms with Crippen LogP contribution in [0, 0.1) is 0 Å². The molecule has 0 saturated heterocycles. The second-order valence-corrected chi connectivity index (χ2v) is 6.10. The van der Waals surface area contributed by atoms with Crippen molar-refractivity contribution in [2.24, 2.45) is 0 Å². The van der Waals surface area contributed by atoms with Crippen LogP contribution in [-0.4, -0.2) is 32.2 Å². The van der Waals surface area contributed by atoms with Crippen LogP contribution in [0.4, 0.5) is 5.69 Å². The predicted octanol–water partition coefficient (Wildman–Crippen LogP) is 3.77. The number of carbonyl (C=O) groups is 2. The average Bonchev–Trinajstić information content (AvgIpc) is 3.07. The number of anilines is 1. The van der Waals surface area contributed by atoms with E-state index in [0.29, 0.717) is 22.6 Å². The van der Waals surface area contributed by atoms with Crippen LogP contribution in [0.5, 0.6) is 5.75 Å². The largest absolute Gasteiger partial charge is 0.497 e. The summed E-state index contributed by atoms with van der Waals surface area (Å²) in [6, 6.07) is 14.1. The predicted molar refractivity (Wildman–Crippen MR) is 103 cm³/mol. The van der Waals surface area contributed by atoms with Crippen LogP contribution >= 0.6 is 0 Å². The molecule has 0 spiro atoms. The van der Waals surface area contributed by atoms with Crippen molar-refractivity contribution in [3.8, 4) is 5.75 Å².